The summed E-state index contributed by atoms with van der Waals surface area (Å²) in [5, 5.41) is 3.46. The van der Waals surface area contributed by atoms with E-state index < -0.39 is 0 Å². The van der Waals surface area contributed by atoms with Gasteiger partial charge in [0.25, 0.3) is 0 Å². The second-order valence-corrected chi connectivity index (χ2v) is 5.88. The fraction of sp³-hybridized carbons (Fsp3) is 1.00. The van der Waals surface area contributed by atoms with Gasteiger partial charge in [0.15, 0.2) is 0 Å². The van der Waals surface area contributed by atoms with Crippen LogP contribution in [0.25, 0.3) is 0 Å². The summed E-state index contributed by atoms with van der Waals surface area (Å²) in [5.41, 5.74) is 0. The van der Waals surface area contributed by atoms with Gasteiger partial charge in [-0.15, -0.1) is 0 Å². The molecule has 0 amide bonds. The SMILES string of the molecule is CNC1CCCCCCC1OCCC1CCC1. The van der Waals surface area contributed by atoms with Gasteiger partial charge in [-0.2, -0.15) is 0 Å². The summed E-state index contributed by atoms with van der Waals surface area (Å²) >= 11 is 0. The Morgan fingerprint density at radius 2 is 1.71 bits per heavy atom. The lowest BCUT2D eigenvalue weighted by molar-refractivity contribution is 0.00451. The zero-order chi connectivity index (χ0) is 11.9. The van der Waals surface area contributed by atoms with Crippen molar-refractivity contribution in [2.45, 2.75) is 76.4 Å². The summed E-state index contributed by atoms with van der Waals surface area (Å²) in [6, 6.07) is 0.594. The minimum Gasteiger partial charge on any atom is -0.377 e. The van der Waals surface area contributed by atoms with Crippen molar-refractivity contribution in [2.24, 2.45) is 5.92 Å². The first-order valence-corrected chi connectivity index (χ1v) is 7.69. The van der Waals surface area contributed by atoms with Gasteiger partial charge in [0, 0.05) is 12.6 Å². The molecule has 0 spiro atoms. The van der Waals surface area contributed by atoms with Gasteiger partial charge in [0.05, 0.1) is 6.10 Å². The highest BCUT2D eigenvalue weighted by Crippen LogP contribution is 2.29. The summed E-state index contributed by atoms with van der Waals surface area (Å²) in [6.07, 6.45) is 14.2. The Balaban J connectivity index is 1.69. The molecule has 0 heterocycles. The number of ether oxygens (including phenoxy) is 1. The molecule has 2 aliphatic carbocycles. The Morgan fingerprint density at radius 1 is 0.941 bits per heavy atom. The molecule has 0 radical (unpaired) electrons. The van der Waals surface area contributed by atoms with E-state index in [4.69, 9.17) is 4.74 Å². The molecule has 2 nitrogen and oxygen atoms in total. The smallest absolute Gasteiger partial charge is 0.0727 e. The molecule has 0 aromatic heterocycles. The quantitative estimate of drug-likeness (QED) is 0.793. The topological polar surface area (TPSA) is 21.3 Å². The van der Waals surface area contributed by atoms with E-state index in [2.05, 4.69) is 12.4 Å². The van der Waals surface area contributed by atoms with Gasteiger partial charge in [0.1, 0.15) is 0 Å². The number of rotatable bonds is 5. The maximum atomic E-state index is 6.17. The summed E-state index contributed by atoms with van der Waals surface area (Å²) in [6.45, 7) is 0.994. The molecule has 0 aromatic rings. The van der Waals surface area contributed by atoms with Gasteiger partial charge in [-0.05, 0) is 32.2 Å². The van der Waals surface area contributed by atoms with Gasteiger partial charge in [0.2, 0.25) is 0 Å². The highest BCUT2D eigenvalue weighted by Gasteiger charge is 2.23. The third kappa shape index (κ3) is 4.26. The van der Waals surface area contributed by atoms with E-state index in [0.29, 0.717) is 12.1 Å². The molecule has 0 saturated heterocycles. The summed E-state index contributed by atoms with van der Waals surface area (Å²) in [7, 11) is 2.09. The van der Waals surface area contributed by atoms with E-state index in [-0.39, 0.29) is 0 Å². The van der Waals surface area contributed by atoms with E-state index in [1.807, 2.05) is 0 Å². The minimum absolute atomic E-state index is 0.473. The average molecular weight is 239 g/mol. The zero-order valence-corrected chi connectivity index (χ0v) is 11.4. The van der Waals surface area contributed by atoms with Crippen molar-refractivity contribution < 1.29 is 4.74 Å². The summed E-state index contributed by atoms with van der Waals surface area (Å²) in [5.74, 6) is 0.983. The maximum Gasteiger partial charge on any atom is 0.0727 e. The van der Waals surface area contributed by atoms with Crippen LogP contribution in [0.3, 0.4) is 0 Å². The van der Waals surface area contributed by atoms with E-state index in [1.165, 1.54) is 64.2 Å². The summed E-state index contributed by atoms with van der Waals surface area (Å²) in [4.78, 5) is 0. The van der Waals surface area contributed by atoms with Gasteiger partial charge < -0.3 is 10.1 Å². The fourth-order valence-electron chi connectivity index (χ4n) is 3.15. The number of hydrogen-bond donors (Lipinski definition) is 1. The van der Waals surface area contributed by atoms with E-state index in [1.54, 1.807) is 0 Å². The van der Waals surface area contributed by atoms with Gasteiger partial charge in [-0.3, -0.25) is 0 Å². The molecular formula is C15H29NO. The van der Waals surface area contributed by atoms with Gasteiger partial charge in [-0.1, -0.05) is 44.9 Å². The molecular weight excluding hydrogens is 210 g/mol. The van der Waals surface area contributed by atoms with Crippen LogP contribution in [-0.2, 0) is 4.74 Å². The largest absolute Gasteiger partial charge is 0.377 e. The first-order valence-electron chi connectivity index (χ1n) is 7.69. The minimum atomic E-state index is 0.473. The Labute approximate surface area is 107 Å². The highest BCUT2D eigenvalue weighted by molar-refractivity contribution is 4.78. The molecule has 2 aliphatic rings. The number of hydrogen-bond acceptors (Lipinski definition) is 2. The standard InChI is InChI=1S/C15H29NO/c1-16-14-9-4-2-3-5-10-15(14)17-12-11-13-7-6-8-13/h13-16H,2-12H2,1H3. The second kappa shape index (κ2) is 7.38. The lowest BCUT2D eigenvalue weighted by Crippen LogP contribution is -2.40. The molecule has 2 saturated carbocycles. The van der Waals surface area contributed by atoms with E-state index >= 15 is 0 Å². The van der Waals surface area contributed by atoms with E-state index in [0.717, 1.165) is 12.5 Å². The Hall–Kier alpha value is -0.0800. The maximum absolute atomic E-state index is 6.17. The van der Waals surface area contributed by atoms with Crippen molar-refractivity contribution in [1.82, 2.24) is 5.32 Å². The number of nitrogens with one attached hydrogen (secondary N) is 1. The Kier molecular flexibility index (Phi) is 5.79. The third-order valence-corrected chi connectivity index (χ3v) is 4.66. The van der Waals surface area contributed by atoms with Gasteiger partial charge >= 0.3 is 0 Å². The van der Waals surface area contributed by atoms with Crippen molar-refractivity contribution in [3.8, 4) is 0 Å². The molecule has 2 fully saturated rings. The fourth-order valence-corrected chi connectivity index (χ4v) is 3.15. The van der Waals surface area contributed by atoms with Crippen LogP contribution in [-0.4, -0.2) is 25.8 Å². The molecule has 2 heteroatoms. The zero-order valence-electron chi connectivity index (χ0n) is 11.4. The van der Waals surface area contributed by atoms with Crippen molar-refractivity contribution in [1.29, 1.82) is 0 Å². The van der Waals surface area contributed by atoms with Crippen molar-refractivity contribution in [2.75, 3.05) is 13.7 Å². The van der Waals surface area contributed by atoms with Gasteiger partial charge in [-0.25, -0.2) is 0 Å². The van der Waals surface area contributed by atoms with Crippen molar-refractivity contribution in [3.05, 3.63) is 0 Å². The predicted octanol–water partition coefficient (Wildman–Crippen LogP) is 3.50. The van der Waals surface area contributed by atoms with Crippen LogP contribution in [0.2, 0.25) is 0 Å². The van der Waals surface area contributed by atoms with Crippen LogP contribution in [0, 0.1) is 5.92 Å². The second-order valence-electron chi connectivity index (χ2n) is 5.88. The highest BCUT2D eigenvalue weighted by atomic mass is 16.5. The molecule has 0 bridgehead atoms. The van der Waals surface area contributed by atoms with Crippen LogP contribution < -0.4 is 5.32 Å². The van der Waals surface area contributed by atoms with Crippen LogP contribution in [0.5, 0.6) is 0 Å². The number of likely N-dealkylation sites (N-methyl/N-ethyl adjacent to an activating group) is 1. The van der Waals surface area contributed by atoms with Crippen LogP contribution >= 0.6 is 0 Å². The molecule has 2 atom stereocenters. The molecule has 2 rings (SSSR count). The normalized spacial score (nSPS) is 31.6. The van der Waals surface area contributed by atoms with Crippen molar-refractivity contribution in [3.63, 3.8) is 0 Å². The molecule has 17 heavy (non-hydrogen) atoms. The first-order chi connectivity index (χ1) is 8.40. The van der Waals surface area contributed by atoms with Crippen molar-refractivity contribution >= 4 is 0 Å². The third-order valence-electron chi connectivity index (χ3n) is 4.66. The monoisotopic (exact) mass is 239 g/mol. The van der Waals surface area contributed by atoms with Crippen LogP contribution in [0.1, 0.15) is 64.2 Å². The molecule has 0 aliphatic heterocycles. The molecule has 0 aromatic carbocycles. The molecule has 2 unspecified atom stereocenters. The lowest BCUT2D eigenvalue weighted by Gasteiger charge is -2.31. The predicted molar refractivity (Wildman–Crippen MR) is 72.2 cm³/mol. The Bertz CT molecular complexity index is 203. The summed E-state index contributed by atoms with van der Waals surface area (Å²) < 4.78 is 6.17. The molecule has 1 N–H and O–H groups in total. The van der Waals surface area contributed by atoms with Crippen LogP contribution in [0.15, 0.2) is 0 Å². The Morgan fingerprint density at radius 3 is 2.35 bits per heavy atom. The molecule has 100 valence electrons. The van der Waals surface area contributed by atoms with E-state index in [9.17, 15) is 0 Å². The average Bonchev–Trinajstić information content (AvgIpc) is 2.24. The lowest BCUT2D eigenvalue weighted by atomic mass is 9.83. The van der Waals surface area contributed by atoms with Crippen LogP contribution in [0.4, 0.5) is 0 Å². The first kappa shape index (κ1) is 13.4.